The van der Waals surface area contributed by atoms with Crippen molar-refractivity contribution < 1.29 is 113 Å². The molecule has 0 spiro atoms. The van der Waals surface area contributed by atoms with Gasteiger partial charge >= 0.3 is 88.7 Å². The Bertz CT molecular complexity index is 170. The Hall–Kier alpha value is 2.58. The molecule has 0 saturated carbocycles. The van der Waals surface area contributed by atoms with Crippen molar-refractivity contribution in [1.82, 2.24) is 5.32 Å². The fraction of sp³-hybridized carbons (Fsp3) is 0.750. The zero-order valence-electron chi connectivity index (χ0n) is 8.61. The van der Waals surface area contributed by atoms with Crippen LogP contribution >= 0.6 is 7.82 Å². The first kappa shape index (κ1) is 25.4. The second-order valence-electron chi connectivity index (χ2n) is 1.90. The van der Waals surface area contributed by atoms with E-state index in [9.17, 15) is 4.79 Å². The second kappa shape index (κ2) is 13.6. The molecule has 10 heteroatoms. The van der Waals surface area contributed by atoms with E-state index in [1.807, 2.05) is 0 Å². The topological polar surface area (TPSA) is 115 Å². The van der Waals surface area contributed by atoms with Crippen molar-refractivity contribution >= 4 is 13.7 Å². The summed E-state index contributed by atoms with van der Waals surface area (Å²) in [6, 6.07) is 0. The van der Waals surface area contributed by atoms with E-state index in [1.54, 1.807) is 0 Å². The van der Waals surface area contributed by atoms with Crippen molar-refractivity contribution in [3.05, 3.63) is 0 Å². The molecule has 0 radical (unpaired) electrons. The Morgan fingerprint density at radius 2 is 1.50 bits per heavy atom. The van der Waals surface area contributed by atoms with Crippen LogP contribution in [0.5, 0.6) is 0 Å². The van der Waals surface area contributed by atoms with E-state index in [-0.39, 0.29) is 94.6 Å². The molecule has 1 saturated heterocycles. The van der Waals surface area contributed by atoms with Crippen molar-refractivity contribution in [3.63, 3.8) is 0 Å². The van der Waals surface area contributed by atoms with E-state index in [0.29, 0.717) is 0 Å². The van der Waals surface area contributed by atoms with E-state index in [0.717, 1.165) is 19.4 Å². The molecule has 0 bridgehead atoms. The van der Waals surface area contributed by atoms with Gasteiger partial charge in [0.2, 0.25) is 5.91 Å². The van der Waals surface area contributed by atoms with Crippen LogP contribution in [0.3, 0.4) is 0 Å². The molecule has 66 valence electrons. The zero-order valence-corrected chi connectivity index (χ0v) is 15.5. The summed E-state index contributed by atoms with van der Waals surface area (Å²) in [5, 5.41) is 2.68. The molecule has 1 fully saturated rings. The molecule has 0 aromatic carbocycles. The van der Waals surface area contributed by atoms with Gasteiger partial charge in [-0.15, -0.1) is 0 Å². The minimum Gasteiger partial charge on any atom is -0.822 e. The average Bonchev–Trinajstić information content (AvgIpc) is 2.12. The SMILES string of the molecule is O=C1CCCN1.O=P([O-])([O-])[O-].[Na+].[Na+].[Na+]. The molecule has 1 amide bonds. The number of carbonyl (C=O) groups excluding carboxylic acids is 1. The van der Waals surface area contributed by atoms with Crippen molar-refractivity contribution in [2.24, 2.45) is 0 Å². The molecular formula is C4H7NNa3O5P. The van der Waals surface area contributed by atoms with Crippen molar-refractivity contribution in [1.29, 1.82) is 0 Å². The Labute approximate surface area is 149 Å². The smallest absolute Gasteiger partial charge is 0.822 e. The third-order valence-corrected chi connectivity index (χ3v) is 0.903. The van der Waals surface area contributed by atoms with Crippen molar-refractivity contribution in [2.75, 3.05) is 6.54 Å². The van der Waals surface area contributed by atoms with E-state index in [4.69, 9.17) is 19.2 Å². The predicted molar refractivity (Wildman–Crippen MR) is 29.9 cm³/mol. The Kier molecular flexibility index (Phi) is 24.8. The number of carbonyl (C=O) groups is 1. The summed E-state index contributed by atoms with van der Waals surface area (Å²) in [4.78, 5) is 35.8. The second-order valence-corrected chi connectivity index (χ2v) is 2.80. The van der Waals surface area contributed by atoms with E-state index >= 15 is 0 Å². The minimum absolute atomic E-state index is 0. The molecule has 0 aromatic rings. The van der Waals surface area contributed by atoms with Crippen molar-refractivity contribution in [3.8, 4) is 0 Å². The van der Waals surface area contributed by atoms with Crippen LogP contribution in [0, 0.1) is 0 Å². The maximum absolute atomic E-state index is 10.1. The Morgan fingerprint density at radius 3 is 1.57 bits per heavy atom. The van der Waals surface area contributed by atoms with Gasteiger partial charge in [-0.25, -0.2) is 0 Å². The minimum atomic E-state index is -5.39. The van der Waals surface area contributed by atoms with Gasteiger partial charge in [-0.05, 0) is 6.42 Å². The molecule has 0 aromatic heterocycles. The number of rotatable bonds is 0. The van der Waals surface area contributed by atoms with Gasteiger partial charge in [0.25, 0.3) is 0 Å². The molecule has 1 rings (SSSR count). The normalized spacial score (nSPS) is 13.2. The number of hydrogen-bond acceptors (Lipinski definition) is 5. The van der Waals surface area contributed by atoms with Gasteiger partial charge < -0.3 is 24.6 Å². The number of amides is 1. The summed E-state index contributed by atoms with van der Waals surface area (Å²) in [7, 11) is -5.39. The van der Waals surface area contributed by atoms with Gasteiger partial charge in [0.1, 0.15) is 0 Å². The summed E-state index contributed by atoms with van der Waals surface area (Å²) >= 11 is 0. The number of nitrogens with one attached hydrogen (secondary N) is 1. The maximum atomic E-state index is 10.1. The van der Waals surface area contributed by atoms with Gasteiger partial charge in [-0.3, -0.25) is 4.79 Å². The fourth-order valence-electron chi connectivity index (χ4n) is 0.565. The first-order chi connectivity index (χ1) is 4.89. The van der Waals surface area contributed by atoms with Crippen LogP contribution in [-0.4, -0.2) is 12.5 Å². The van der Waals surface area contributed by atoms with Crippen LogP contribution in [0.15, 0.2) is 0 Å². The first-order valence-corrected chi connectivity index (χ1v) is 4.35. The van der Waals surface area contributed by atoms with Crippen LogP contribution < -0.4 is 109 Å². The summed E-state index contributed by atoms with van der Waals surface area (Å²) in [5.41, 5.74) is 0. The van der Waals surface area contributed by atoms with E-state index < -0.39 is 7.82 Å². The molecule has 6 nitrogen and oxygen atoms in total. The van der Waals surface area contributed by atoms with Gasteiger partial charge in [0.05, 0.1) is 0 Å². The Balaban J connectivity index is -0.0000000597. The molecule has 1 N–H and O–H groups in total. The summed E-state index contributed by atoms with van der Waals surface area (Å²) in [5.74, 6) is 0.204. The standard InChI is InChI=1S/C4H7NO.3Na.H3O4P/c6-4-2-1-3-5-4;;;;1-5(2,3)4/h1-3H2,(H,5,6);;;;(H3,1,2,3,4)/q;3*+1;/p-3. The molecular weight excluding hydrogens is 242 g/mol. The largest absolute Gasteiger partial charge is 1.00 e. The summed E-state index contributed by atoms with van der Waals surface area (Å²) in [6.07, 6.45) is 1.76. The van der Waals surface area contributed by atoms with Crippen LogP contribution in [0.25, 0.3) is 0 Å². The van der Waals surface area contributed by atoms with Gasteiger partial charge in [0.15, 0.2) is 0 Å². The predicted octanol–water partition coefficient (Wildman–Crippen LogP) is -11.9. The van der Waals surface area contributed by atoms with E-state index in [1.165, 1.54) is 0 Å². The third-order valence-electron chi connectivity index (χ3n) is 0.903. The van der Waals surface area contributed by atoms with Gasteiger partial charge in [0, 0.05) is 13.0 Å². The molecule has 1 heterocycles. The van der Waals surface area contributed by atoms with Crippen LogP contribution in [0.1, 0.15) is 12.8 Å². The average molecular weight is 249 g/mol. The van der Waals surface area contributed by atoms with Crippen LogP contribution in [0.4, 0.5) is 0 Å². The van der Waals surface area contributed by atoms with Gasteiger partial charge in [-0.2, -0.15) is 7.82 Å². The third kappa shape index (κ3) is 29.3. The molecule has 1 aliphatic heterocycles. The van der Waals surface area contributed by atoms with Crippen LogP contribution in [0.2, 0.25) is 0 Å². The monoisotopic (exact) mass is 249 g/mol. The first-order valence-electron chi connectivity index (χ1n) is 2.89. The molecule has 0 unspecified atom stereocenters. The summed E-state index contributed by atoms with van der Waals surface area (Å²) in [6.45, 7) is 0.888. The zero-order chi connectivity index (χ0) is 8.91. The van der Waals surface area contributed by atoms with Gasteiger partial charge in [-0.1, -0.05) is 0 Å². The number of phosphoric acid groups is 1. The van der Waals surface area contributed by atoms with E-state index in [2.05, 4.69) is 5.32 Å². The number of hydrogen-bond donors (Lipinski definition) is 1. The fourth-order valence-corrected chi connectivity index (χ4v) is 0.565. The maximum Gasteiger partial charge on any atom is 1.00 e. The van der Waals surface area contributed by atoms with Crippen LogP contribution in [-0.2, 0) is 9.36 Å². The Morgan fingerprint density at radius 1 is 1.14 bits per heavy atom. The molecule has 0 atom stereocenters. The molecule has 14 heavy (non-hydrogen) atoms. The van der Waals surface area contributed by atoms with Crippen molar-refractivity contribution in [2.45, 2.75) is 12.8 Å². The summed E-state index contributed by atoms with van der Waals surface area (Å²) < 4.78 is 8.55. The molecule has 1 aliphatic rings. The quantitative estimate of drug-likeness (QED) is 0.338. The molecule has 0 aliphatic carbocycles.